The van der Waals surface area contributed by atoms with Gasteiger partial charge in [0.15, 0.2) is 0 Å². The Bertz CT molecular complexity index is 857. The van der Waals surface area contributed by atoms with Crippen LogP contribution in [0, 0.1) is 0 Å². The van der Waals surface area contributed by atoms with Crippen molar-refractivity contribution in [3.05, 3.63) is 60.2 Å². The van der Waals surface area contributed by atoms with Gasteiger partial charge >= 0.3 is 231 Å². The zero-order valence-corrected chi connectivity index (χ0v) is 28.9. The molecular weight excluding hydrogens is 769 g/mol. The van der Waals surface area contributed by atoms with Crippen molar-refractivity contribution in [2.45, 2.75) is 33.0 Å². The number of rotatable bonds is 6. The molecule has 13 heteroatoms. The van der Waals surface area contributed by atoms with Gasteiger partial charge in [-0.1, -0.05) is 0 Å². The van der Waals surface area contributed by atoms with Crippen LogP contribution in [0.15, 0.2) is 54.6 Å². The molecule has 31 heavy (non-hydrogen) atoms. The first kappa shape index (κ1) is 28.1. The van der Waals surface area contributed by atoms with Crippen molar-refractivity contribution in [3.8, 4) is 11.5 Å². The van der Waals surface area contributed by atoms with Crippen LogP contribution in [0.25, 0.3) is 0 Å². The molecule has 0 N–H and O–H groups in total. The second kappa shape index (κ2) is 10.8. The van der Waals surface area contributed by atoms with Crippen molar-refractivity contribution in [2.24, 2.45) is 0 Å². The molecule has 0 spiro atoms. The standard InChI is InChI=1S/C18H17Cl9Ge3O/c19-28(20,21)14-10-15(29(22,23)24)12-18(11-14,30(25,26)27)13-6-8-17(9-7-13)31-16-4-2-1-3-5-16/h1-9,14-15H,10-12H2. The fraction of sp³-hybridized carbons (Fsp3) is 0.333. The van der Waals surface area contributed by atoms with Gasteiger partial charge in [0.1, 0.15) is 0 Å². The van der Waals surface area contributed by atoms with Gasteiger partial charge in [0.2, 0.25) is 0 Å². The Balaban J connectivity index is 2.01. The van der Waals surface area contributed by atoms with Crippen molar-refractivity contribution >= 4 is 122 Å². The first-order valence-corrected chi connectivity index (χ1v) is 37.5. The van der Waals surface area contributed by atoms with E-state index in [1.54, 1.807) is 0 Å². The Morgan fingerprint density at radius 2 is 1.10 bits per heavy atom. The second-order valence-corrected chi connectivity index (χ2v) is 56.2. The minimum absolute atomic E-state index is 0.216. The van der Waals surface area contributed by atoms with Gasteiger partial charge < -0.3 is 0 Å². The van der Waals surface area contributed by atoms with Crippen LogP contribution in [0.4, 0.5) is 0 Å². The Morgan fingerprint density at radius 3 is 1.52 bits per heavy atom. The number of benzene rings is 2. The van der Waals surface area contributed by atoms with Crippen LogP contribution < -0.4 is 4.74 Å². The average molecular weight is 786 g/mol. The fourth-order valence-corrected chi connectivity index (χ4v) is 23.9. The Morgan fingerprint density at radius 1 is 0.645 bits per heavy atom. The van der Waals surface area contributed by atoms with Crippen LogP contribution in [-0.2, 0) is 4.25 Å². The molecule has 2 aromatic rings. The number of halogens is 9. The van der Waals surface area contributed by atoms with E-state index in [2.05, 4.69) is 0 Å². The summed E-state index contributed by atoms with van der Waals surface area (Å²) in [7, 11) is 47.9. The van der Waals surface area contributed by atoms with Gasteiger partial charge in [-0.05, 0) is 0 Å². The molecule has 0 aliphatic heterocycles. The summed E-state index contributed by atoms with van der Waals surface area (Å²) in [6.07, 6.45) is 1.53. The molecule has 1 aliphatic carbocycles. The van der Waals surface area contributed by atoms with Crippen LogP contribution in [0.5, 0.6) is 11.5 Å². The summed E-state index contributed by atoms with van der Waals surface area (Å²) >= 11 is 0. The molecule has 0 saturated heterocycles. The molecule has 1 fully saturated rings. The second-order valence-electron chi connectivity index (χ2n) is 7.64. The summed E-state index contributed by atoms with van der Waals surface area (Å²) in [6.45, 7) is 0. The van der Waals surface area contributed by atoms with E-state index in [1.165, 1.54) is 0 Å². The molecule has 0 heterocycles. The monoisotopic (exact) mass is 786 g/mol. The van der Waals surface area contributed by atoms with E-state index in [1.807, 2.05) is 54.6 Å². The van der Waals surface area contributed by atoms with Gasteiger partial charge in [-0.25, -0.2) is 0 Å². The molecule has 170 valence electrons. The first-order chi connectivity index (χ1) is 14.2. The van der Waals surface area contributed by atoms with E-state index < -0.39 is 35.7 Å². The molecule has 3 rings (SSSR count). The zero-order chi connectivity index (χ0) is 23.1. The Hall–Kier alpha value is 2.48. The van der Waals surface area contributed by atoms with Gasteiger partial charge in [0.05, 0.1) is 0 Å². The molecule has 2 atom stereocenters. The summed E-state index contributed by atoms with van der Waals surface area (Å²) < 4.78 is 4.70. The third kappa shape index (κ3) is 7.04. The van der Waals surface area contributed by atoms with Gasteiger partial charge in [0.25, 0.3) is 0 Å². The third-order valence-electron chi connectivity index (χ3n) is 5.61. The average Bonchev–Trinajstić information content (AvgIpc) is 2.67. The molecule has 1 nitrogen and oxygen atoms in total. The Kier molecular flexibility index (Phi) is 9.81. The molecule has 0 radical (unpaired) electrons. The van der Waals surface area contributed by atoms with E-state index in [4.69, 9.17) is 94.8 Å². The molecule has 1 aliphatic rings. The summed E-state index contributed by atoms with van der Waals surface area (Å²) in [5.74, 6) is 1.40. The number of para-hydroxylation sites is 1. The van der Waals surface area contributed by atoms with Crippen LogP contribution in [0.1, 0.15) is 24.8 Å². The summed E-state index contributed by atoms with van der Waals surface area (Å²) in [5, 5.41) is 0. The Labute approximate surface area is 228 Å². The number of ether oxygens (including phenoxy) is 1. The number of hydrogen-bond acceptors (Lipinski definition) is 1. The molecule has 0 amide bonds. The minimum atomic E-state index is -3.99. The predicted molar refractivity (Wildman–Crippen MR) is 146 cm³/mol. The third-order valence-corrected chi connectivity index (χ3v) is 30.3. The fourth-order valence-electron chi connectivity index (χ4n) is 4.03. The zero-order valence-electron chi connectivity index (χ0n) is 15.8. The predicted octanol–water partition coefficient (Wildman–Crippen LogP) is 10.1. The summed E-state index contributed by atoms with van der Waals surface area (Å²) in [6, 6.07) is 17.0. The summed E-state index contributed by atoms with van der Waals surface area (Å²) in [5.41, 5.74) is 0.871. The van der Waals surface area contributed by atoms with Crippen LogP contribution in [0.2, 0.25) is 9.50 Å². The normalized spacial score (nSPS) is 25.3. The van der Waals surface area contributed by atoms with Gasteiger partial charge in [0, 0.05) is 0 Å². The molecule has 2 aromatic carbocycles. The van der Waals surface area contributed by atoms with Gasteiger partial charge in [-0.2, -0.15) is 0 Å². The molecule has 0 bridgehead atoms. The van der Waals surface area contributed by atoms with E-state index in [0.717, 1.165) is 11.3 Å². The quantitative estimate of drug-likeness (QED) is 0.265. The molecular formula is C18H17Cl9Ge3O. The van der Waals surface area contributed by atoms with E-state index in [0.29, 0.717) is 25.0 Å². The van der Waals surface area contributed by atoms with E-state index in [-0.39, 0.29) is 9.50 Å². The van der Waals surface area contributed by atoms with Crippen molar-refractivity contribution < 1.29 is 4.74 Å². The van der Waals surface area contributed by atoms with Gasteiger partial charge in [-0.3, -0.25) is 0 Å². The molecule has 1 saturated carbocycles. The maximum atomic E-state index is 6.77. The number of hydrogen-bond donors (Lipinski definition) is 0. The molecule has 2 unspecified atom stereocenters. The summed E-state index contributed by atoms with van der Waals surface area (Å²) in [4.78, 5) is 0. The maximum absolute atomic E-state index is 6.77. The van der Waals surface area contributed by atoms with Crippen LogP contribution >= 0.6 is 90.1 Å². The van der Waals surface area contributed by atoms with Gasteiger partial charge in [-0.15, -0.1) is 0 Å². The SMILES string of the molecule is [Cl][Ge]([Cl])([Cl])[CH]1C[CH]([Ge]([Cl])([Cl])[Cl])C[C](c2ccc(Oc3ccccc3)cc2)([Ge]([Cl])([Cl])[Cl])C1. The van der Waals surface area contributed by atoms with Crippen molar-refractivity contribution in [2.75, 3.05) is 0 Å². The van der Waals surface area contributed by atoms with E-state index in [9.17, 15) is 0 Å². The van der Waals surface area contributed by atoms with E-state index >= 15 is 0 Å². The van der Waals surface area contributed by atoms with Crippen LogP contribution in [-0.4, -0.2) is 31.4 Å². The van der Waals surface area contributed by atoms with Crippen molar-refractivity contribution in [1.29, 1.82) is 0 Å². The topological polar surface area (TPSA) is 9.23 Å². The first-order valence-electron chi connectivity index (χ1n) is 9.26. The van der Waals surface area contributed by atoms with Crippen LogP contribution in [0.3, 0.4) is 0 Å². The van der Waals surface area contributed by atoms with Crippen molar-refractivity contribution in [1.82, 2.24) is 0 Å². The van der Waals surface area contributed by atoms with Crippen molar-refractivity contribution in [3.63, 3.8) is 0 Å². The molecule has 0 aromatic heterocycles.